The smallest absolute Gasteiger partial charge is 0.173 e. The highest BCUT2D eigenvalue weighted by Crippen LogP contribution is 2.33. The van der Waals surface area contributed by atoms with E-state index in [0.29, 0.717) is 5.92 Å². The lowest BCUT2D eigenvalue weighted by atomic mass is 9.89. The maximum absolute atomic E-state index is 13.7. The van der Waals surface area contributed by atoms with E-state index in [-0.39, 0.29) is 10.5 Å². The predicted molar refractivity (Wildman–Crippen MR) is 83.8 cm³/mol. The third-order valence-electron chi connectivity index (χ3n) is 3.90. The van der Waals surface area contributed by atoms with E-state index in [1.807, 2.05) is 7.05 Å². The summed E-state index contributed by atoms with van der Waals surface area (Å²) in [6.07, 6.45) is 5.64. The third-order valence-corrected chi connectivity index (χ3v) is 4.71. The first kappa shape index (κ1) is 17.6. The summed E-state index contributed by atoms with van der Waals surface area (Å²) in [6, 6.07) is 2.91. The normalized spacial score (nSPS) is 14.3. The lowest BCUT2D eigenvalue weighted by Gasteiger charge is -2.24. The van der Waals surface area contributed by atoms with Gasteiger partial charge in [0.15, 0.2) is 11.6 Å². The molecule has 0 aliphatic carbocycles. The Kier molecular flexibility index (Phi) is 7.67. The fourth-order valence-corrected chi connectivity index (χ4v) is 3.12. The van der Waals surface area contributed by atoms with E-state index >= 15 is 0 Å². The molecule has 0 heterocycles. The SMILES string of the molecule is CCCCC(CC)CC(NC)c1ccc(F)c(F)c1Br. The molecule has 0 saturated heterocycles. The van der Waals surface area contributed by atoms with E-state index < -0.39 is 11.6 Å². The van der Waals surface area contributed by atoms with Gasteiger partial charge in [-0.25, -0.2) is 8.78 Å². The van der Waals surface area contributed by atoms with Gasteiger partial charge in [0.2, 0.25) is 0 Å². The van der Waals surface area contributed by atoms with Crippen molar-refractivity contribution in [3.63, 3.8) is 0 Å². The molecule has 2 atom stereocenters. The highest BCUT2D eigenvalue weighted by atomic mass is 79.9. The van der Waals surface area contributed by atoms with Crippen LogP contribution in [0.15, 0.2) is 16.6 Å². The van der Waals surface area contributed by atoms with Crippen LogP contribution in [0.1, 0.15) is 57.6 Å². The summed E-state index contributed by atoms with van der Waals surface area (Å²) >= 11 is 3.18. The van der Waals surface area contributed by atoms with Crippen LogP contribution in [-0.2, 0) is 0 Å². The van der Waals surface area contributed by atoms with Crippen LogP contribution in [0.2, 0.25) is 0 Å². The Morgan fingerprint density at radius 2 is 1.95 bits per heavy atom. The van der Waals surface area contributed by atoms with E-state index in [9.17, 15) is 8.78 Å². The first-order valence-corrected chi connectivity index (χ1v) is 8.15. The van der Waals surface area contributed by atoms with Gasteiger partial charge in [-0.3, -0.25) is 0 Å². The van der Waals surface area contributed by atoms with Gasteiger partial charge in [-0.1, -0.05) is 45.6 Å². The average molecular weight is 348 g/mol. The molecule has 0 fully saturated rings. The molecule has 1 aromatic carbocycles. The Hall–Kier alpha value is -0.480. The molecule has 1 nitrogen and oxygen atoms in total. The molecule has 20 heavy (non-hydrogen) atoms. The van der Waals surface area contributed by atoms with Crippen molar-refractivity contribution >= 4 is 15.9 Å². The zero-order chi connectivity index (χ0) is 15.1. The molecule has 0 aromatic heterocycles. The number of hydrogen-bond acceptors (Lipinski definition) is 1. The zero-order valence-electron chi connectivity index (χ0n) is 12.5. The third kappa shape index (κ3) is 4.52. The summed E-state index contributed by atoms with van der Waals surface area (Å²) in [7, 11) is 1.87. The monoisotopic (exact) mass is 347 g/mol. The lowest BCUT2D eigenvalue weighted by molar-refractivity contribution is 0.363. The molecule has 0 bridgehead atoms. The minimum absolute atomic E-state index is 0.0429. The highest BCUT2D eigenvalue weighted by Gasteiger charge is 2.20. The number of unbranched alkanes of at least 4 members (excludes halogenated alkanes) is 1. The van der Waals surface area contributed by atoms with Gasteiger partial charge in [0.25, 0.3) is 0 Å². The van der Waals surface area contributed by atoms with Crippen LogP contribution in [0.5, 0.6) is 0 Å². The van der Waals surface area contributed by atoms with Crippen molar-refractivity contribution < 1.29 is 8.78 Å². The molecular weight excluding hydrogens is 324 g/mol. The second-order valence-electron chi connectivity index (χ2n) is 5.26. The van der Waals surface area contributed by atoms with Gasteiger partial charge in [0.1, 0.15) is 0 Å². The van der Waals surface area contributed by atoms with Crippen LogP contribution in [0.3, 0.4) is 0 Å². The first-order chi connectivity index (χ1) is 9.54. The second-order valence-corrected chi connectivity index (χ2v) is 6.05. The molecule has 0 saturated carbocycles. The average Bonchev–Trinajstić information content (AvgIpc) is 2.46. The molecule has 0 amide bonds. The molecule has 2 unspecified atom stereocenters. The van der Waals surface area contributed by atoms with Gasteiger partial charge >= 0.3 is 0 Å². The molecule has 4 heteroatoms. The molecule has 0 spiro atoms. The maximum atomic E-state index is 13.7. The number of hydrogen-bond donors (Lipinski definition) is 1. The highest BCUT2D eigenvalue weighted by molar-refractivity contribution is 9.10. The maximum Gasteiger partial charge on any atom is 0.173 e. The van der Waals surface area contributed by atoms with Gasteiger partial charge in [-0.05, 0) is 46.9 Å². The number of benzene rings is 1. The Morgan fingerprint density at radius 3 is 2.50 bits per heavy atom. The molecule has 0 radical (unpaired) electrons. The summed E-state index contributed by atoms with van der Waals surface area (Å²) < 4.78 is 27.1. The van der Waals surface area contributed by atoms with Gasteiger partial charge in [-0.2, -0.15) is 0 Å². The van der Waals surface area contributed by atoms with Crippen LogP contribution in [0.4, 0.5) is 8.78 Å². The zero-order valence-corrected chi connectivity index (χ0v) is 14.1. The van der Waals surface area contributed by atoms with Crippen LogP contribution in [-0.4, -0.2) is 7.05 Å². The Labute approximate surface area is 129 Å². The molecule has 1 aromatic rings. The van der Waals surface area contributed by atoms with E-state index in [4.69, 9.17) is 0 Å². The standard InChI is InChI=1S/C16H24BrF2N/c1-4-6-7-11(5-2)10-14(20-3)12-8-9-13(18)16(19)15(12)17/h8-9,11,14,20H,4-7,10H2,1-3H3. The summed E-state index contributed by atoms with van der Waals surface area (Å²) in [4.78, 5) is 0. The Balaban J connectivity index is 2.87. The van der Waals surface area contributed by atoms with Crippen molar-refractivity contribution in [3.05, 3.63) is 33.8 Å². The van der Waals surface area contributed by atoms with E-state index in [1.165, 1.54) is 25.3 Å². The molecule has 0 aliphatic rings. The molecular formula is C16H24BrF2N. The van der Waals surface area contributed by atoms with Crippen LogP contribution < -0.4 is 5.32 Å². The molecule has 114 valence electrons. The fraction of sp³-hybridized carbons (Fsp3) is 0.625. The summed E-state index contributed by atoms with van der Waals surface area (Å²) in [5.74, 6) is -1.01. The van der Waals surface area contributed by atoms with Crippen molar-refractivity contribution in [2.24, 2.45) is 5.92 Å². The summed E-state index contributed by atoms with van der Waals surface area (Å²) in [5, 5.41) is 3.23. The topological polar surface area (TPSA) is 12.0 Å². The number of halogens is 3. The van der Waals surface area contributed by atoms with Crippen molar-refractivity contribution in [2.75, 3.05) is 7.05 Å². The number of rotatable bonds is 8. The number of nitrogens with one attached hydrogen (secondary N) is 1. The quantitative estimate of drug-likeness (QED) is 0.604. The van der Waals surface area contributed by atoms with Gasteiger partial charge in [-0.15, -0.1) is 0 Å². The Bertz CT molecular complexity index is 423. The van der Waals surface area contributed by atoms with Gasteiger partial charge in [0.05, 0.1) is 4.47 Å². The second kappa shape index (κ2) is 8.73. The van der Waals surface area contributed by atoms with Gasteiger partial charge < -0.3 is 5.32 Å². The van der Waals surface area contributed by atoms with E-state index in [0.717, 1.165) is 18.4 Å². The van der Waals surface area contributed by atoms with Crippen molar-refractivity contribution in [2.45, 2.75) is 52.0 Å². The van der Waals surface area contributed by atoms with Crippen molar-refractivity contribution in [3.8, 4) is 0 Å². The Morgan fingerprint density at radius 1 is 1.25 bits per heavy atom. The van der Waals surface area contributed by atoms with Crippen molar-refractivity contribution in [1.29, 1.82) is 0 Å². The van der Waals surface area contributed by atoms with Crippen LogP contribution in [0.25, 0.3) is 0 Å². The summed E-state index contributed by atoms with van der Waals surface area (Å²) in [6.45, 7) is 4.38. The first-order valence-electron chi connectivity index (χ1n) is 7.35. The van der Waals surface area contributed by atoms with Crippen LogP contribution >= 0.6 is 15.9 Å². The summed E-state index contributed by atoms with van der Waals surface area (Å²) in [5.41, 5.74) is 0.793. The predicted octanol–water partition coefficient (Wildman–Crippen LogP) is 5.59. The molecule has 1 N–H and O–H groups in total. The van der Waals surface area contributed by atoms with Gasteiger partial charge in [0, 0.05) is 6.04 Å². The fourth-order valence-electron chi connectivity index (χ4n) is 2.53. The minimum Gasteiger partial charge on any atom is -0.313 e. The van der Waals surface area contributed by atoms with Crippen LogP contribution in [0, 0.1) is 17.6 Å². The van der Waals surface area contributed by atoms with E-state index in [2.05, 4.69) is 35.1 Å². The minimum atomic E-state index is -0.812. The molecule has 1 rings (SSSR count). The van der Waals surface area contributed by atoms with Crippen molar-refractivity contribution in [1.82, 2.24) is 5.32 Å². The molecule has 0 aliphatic heterocycles. The lowest BCUT2D eigenvalue weighted by Crippen LogP contribution is -2.21. The van der Waals surface area contributed by atoms with E-state index in [1.54, 1.807) is 6.07 Å². The largest absolute Gasteiger partial charge is 0.313 e.